The summed E-state index contributed by atoms with van der Waals surface area (Å²) in [4.78, 5) is 0. The normalized spacial score (nSPS) is 13.1. The van der Waals surface area contributed by atoms with Crippen LogP contribution in [0.2, 0.25) is 18.6 Å². The minimum absolute atomic E-state index is 0.234. The highest BCUT2D eigenvalue weighted by Crippen LogP contribution is 2.24. The third kappa shape index (κ3) is 3.80. The van der Waals surface area contributed by atoms with E-state index in [2.05, 4.69) is 33.0 Å². The van der Waals surface area contributed by atoms with Crippen LogP contribution in [0.4, 0.5) is 0 Å². The topological polar surface area (TPSA) is 20.2 Å². The van der Waals surface area contributed by atoms with Gasteiger partial charge in [-0.2, -0.15) is 0 Å². The van der Waals surface area contributed by atoms with E-state index in [0.717, 1.165) is 6.42 Å². The molecule has 0 unspecified atom stereocenters. The van der Waals surface area contributed by atoms with Crippen LogP contribution in [0.5, 0.6) is 0 Å². The van der Waals surface area contributed by atoms with Gasteiger partial charge in [-0.3, -0.25) is 0 Å². The van der Waals surface area contributed by atoms with Crippen molar-refractivity contribution < 1.29 is 5.11 Å². The lowest BCUT2D eigenvalue weighted by Crippen LogP contribution is -2.33. The van der Waals surface area contributed by atoms with Crippen LogP contribution in [0, 0.1) is 0 Å². The second-order valence-electron chi connectivity index (χ2n) is 4.32. The minimum atomic E-state index is -1.32. The second kappa shape index (κ2) is 6.20. The van der Waals surface area contributed by atoms with Crippen LogP contribution in [-0.4, -0.2) is 19.8 Å². The van der Waals surface area contributed by atoms with E-state index in [-0.39, 0.29) is 6.61 Å². The van der Waals surface area contributed by atoms with Gasteiger partial charge in [-0.1, -0.05) is 55.9 Å². The van der Waals surface area contributed by atoms with E-state index in [1.807, 2.05) is 6.92 Å². The van der Waals surface area contributed by atoms with Crippen molar-refractivity contribution in [1.82, 2.24) is 0 Å². The minimum Gasteiger partial charge on any atom is -0.392 e. The van der Waals surface area contributed by atoms with Crippen LogP contribution >= 0.6 is 0 Å². The molecule has 0 aromatic carbocycles. The first kappa shape index (κ1) is 13.7. The fraction of sp³-hybridized carbons (Fsp3) is 0.667. The van der Waals surface area contributed by atoms with E-state index in [0.29, 0.717) is 0 Å². The fourth-order valence-corrected chi connectivity index (χ4v) is 3.89. The highest BCUT2D eigenvalue weighted by atomic mass is 28.3. The van der Waals surface area contributed by atoms with E-state index >= 15 is 0 Å². The van der Waals surface area contributed by atoms with E-state index in [9.17, 15) is 5.11 Å². The van der Waals surface area contributed by atoms with Gasteiger partial charge in [0.25, 0.3) is 0 Å². The molecule has 14 heavy (non-hydrogen) atoms. The van der Waals surface area contributed by atoms with Crippen molar-refractivity contribution in [2.24, 2.45) is 0 Å². The molecule has 0 spiro atoms. The SMILES string of the molecule is C=C(C)CC=C(CO)[Si](C)(CC)CC. The maximum Gasteiger partial charge on any atom is 0.0805 e. The zero-order chi connectivity index (χ0) is 11.2. The van der Waals surface area contributed by atoms with Gasteiger partial charge in [0.1, 0.15) is 0 Å². The first-order valence-electron chi connectivity index (χ1n) is 5.45. The molecule has 1 nitrogen and oxygen atoms in total. The molecule has 0 rings (SSSR count). The molecule has 0 atom stereocenters. The summed E-state index contributed by atoms with van der Waals surface area (Å²) >= 11 is 0. The number of aliphatic hydroxyl groups is 1. The highest BCUT2D eigenvalue weighted by Gasteiger charge is 2.26. The molecule has 0 aliphatic rings. The molecule has 0 amide bonds. The summed E-state index contributed by atoms with van der Waals surface area (Å²) in [5.41, 5.74) is 1.17. The van der Waals surface area contributed by atoms with Gasteiger partial charge in [0, 0.05) is 0 Å². The molecular weight excluding hydrogens is 188 g/mol. The van der Waals surface area contributed by atoms with E-state index in [1.165, 1.54) is 22.9 Å². The molecule has 0 saturated heterocycles. The number of hydrogen-bond acceptors (Lipinski definition) is 1. The zero-order valence-corrected chi connectivity index (χ0v) is 11.1. The summed E-state index contributed by atoms with van der Waals surface area (Å²) in [6.07, 6.45) is 3.11. The van der Waals surface area contributed by atoms with Gasteiger partial charge < -0.3 is 5.11 Å². The van der Waals surface area contributed by atoms with Crippen molar-refractivity contribution in [3.8, 4) is 0 Å². The number of allylic oxidation sites excluding steroid dienone is 2. The first-order chi connectivity index (χ1) is 6.50. The smallest absolute Gasteiger partial charge is 0.0805 e. The highest BCUT2D eigenvalue weighted by molar-refractivity contribution is 6.85. The number of aliphatic hydroxyl groups excluding tert-OH is 1. The Kier molecular flexibility index (Phi) is 6.05. The molecule has 0 aliphatic heterocycles. The zero-order valence-electron chi connectivity index (χ0n) is 10.1. The molecule has 0 radical (unpaired) electrons. The summed E-state index contributed by atoms with van der Waals surface area (Å²) in [7, 11) is -1.32. The third-order valence-corrected chi connectivity index (χ3v) is 8.24. The molecule has 0 aromatic heterocycles. The van der Waals surface area contributed by atoms with Gasteiger partial charge in [-0.15, -0.1) is 0 Å². The van der Waals surface area contributed by atoms with Crippen molar-refractivity contribution in [3.63, 3.8) is 0 Å². The Morgan fingerprint density at radius 3 is 2.14 bits per heavy atom. The Morgan fingerprint density at radius 1 is 1.36 bits per heavy atom. The summed E-state index contributed by atoms with van der Waals surface area (Å²) in [5.74, 6) is 0. The molecule has 0 aromatic rings. The van der Waals surface area contributed by atoms with Gasteiger partial charge in [0.15, 0.2) is 0 Å². The van der Waals surface area contributed by atoms with Crippen LogP contribution in [0.3, 0.4) is 0 Å². The largest absolute Gasteiger partial charge is 0.392 e. The third-order valence-electron chi connectivity index (χ3n) is 3.20. The van der Waals surface area contributed by atoms with Crippen LogP contribution in [0.1, 0.15) is 27.2 Å². The van der Waals surface area contributed by atoms with Crippen LogP contribution in [0.25, 0.3) is 0 Å². The quantitative estimate of drug-likeness (QED) is 0.527. The van der Waals surface area contributed by atoms with Crippen molar-refractivity contribution >= 4 is 8.07 Å². The lowest BCUT2D eigenvalue weighted by atomic mass is 10.2. The van der Waals surface area contributed by atoms with Gasteiger partial charge in [-0.25, -0.2) is 0 Å². The Hall–Kier alpha value is -0.343. The summed E-state index contributed by atoms with van der Waals surface area (Å²) in [6.45, 7) is 13.0. The van der Waals surface area contributed by atoms with E-state index in [1.54, 1.807) is 0 Å². The Balaban J connectivity index is 4.67. The summed E-state index contributed by atoms with van der Waals surface area (Å²) in [5, 5.41) is 10.7. The van der Waals surface area contributed by atoms with Crippen LogP contribution in [-0.2, 0) is 0 Å². The first-order valence-corrected chi connectivity index (χ1v) is 8.36. The van der Waals surface area contributed by atoms with E-state index < -0.39 is 8.07 Å². The molecular formula is C12H24OSi. The predicted octanol–water partition coefficient (Wildman–Crippen LogP) is 3.53. The number of rotatable bonds is 6. The van der Waals surface area contributed by atoms with Crippen molar-refractivity contribution in [1.29, 1.82) is 0 Å². The van der Waals surface area contributed by atoms with Gasteiger partial charge in [0.2, 0.25) is 0 Å². The fourth-order valence-electron chi connectivity index (χ4n) is 1.50. The standard InChI is InChI=1S/C12H24OSi/c1-6-14(5,7-2)12(10-13)9-8-11(3)4/h9,13H,3,6-8,10H2,1-2,4-5H3. The summed E-state index contributed by atoms with van der Waals surface area (Å²) in [6, 6.07) is 2.43. The van der Waals surface area contributed by atoms with Gasteiger partial charge >= 0.3 is 0 Å². The lowest BCUT2D eigenvalue weighted by Gasteiger charge is -2.27. The van der Waals surface area contributed by atoms with Crippen molar-refractivity contribution in [2.45, 2.75) is 45.8 Å². The molecule has 82 valence electrons. The average Bonchev–Trinajstić information content (AvgIpc) is 2.17. The average molecular weight is 212 g/mol. The van der Waals surface area contributed by atoms with Crippen molar-refractivity contribution in [2.75, 3.05) is 6.61 Å². The Morgan fingerprint density at radius 2 is 1.86 bits per heavy atom. The molecule has 0 fully saturated rings. The van der Waals surface area contributed by atoms with Crippen LogP contribution in [0.15, 0.2) is 23.4 Å². The summed E-state index contributed by atoms with van der Waals surface area (Å²) < 4.78 is 0. The molecule has 2 heteroatoms. The Labute approximate surface area is 89.5 Å². The molecule has 1 N–H and O–H groups in total. The maximum atomic E-state index is 9.37. The van der Waals surface area contributed by atoms with Crippen LogP contribution < -0.4 is 0 Å². The molecule has 0 bridgehead atoms. The number of hydrogen-bond donors (Lipinski definition) is 1. The van der Waals surface area contributed by atoms with Crippen molar-refractivity contribution in [3.05, 3.63) is 23.4 Å². The lowest BCUT2D eigenvalue weighted by molar-refractivity contribution is 0.336. The Bertz CT molecular complexity index is 214. The predicted molar refractivity (Wildman–Crippen MR) is 67.2 cm³/mol. The second-order valence-corrected chi connectivity index (χ2v) is 9.49. The van der Waals surface area contributed by atoms with E-state index in [4.69, 9.17) is 0 Å². The van der Waals surface area contributed by atoms with Gasteiger partial charge in [0.05, 0.1) is 14.7 Å². The molecule has 0 aliphatic carbocycles. The molecule has 0 heterocycles. The van der Waals surface area contributed by atoms with Gasteiger partial charge in [-0.05, 0) is 13.3 Å². The molecule has 0 saturated carbocycles. The monoisotopic (exact) mass is 212 g/mol. The maximum absolute atomic E-state index is 9.37.